The van der Waals surface area contributed by atoms with Gasteiger partial charge in [-0.1, -0.05) is 11.6 Å². The van der Waals surface area contributed by atoms with E-state index in [1.165, 1.54) is 12.8 Å². The van der Waals surface area contributed by atoms with Gasteiger partial charge in [-0.2, -0.15) is 0 Å². The van der Waals surface area contributed by atoms with Gasteiger partial charge < -0.3 is 10.2 Å². The maximum Gasteiger partial charge on any atom is 0.255 e. The van der Waals surface area contributed by atoms with Crippen LogP contribution in [0.4, 0.5) is 14.5 Å². The van der Waals surface area contributed by atoms with Gasteiger partial charge in [-0.25, -0.2) is 8.78 Å². The Morgan fingerprint density at radius 1 is 1.44 bits per heavy atom. The monoisotopic (exact) mass is 274 g/mol. The molecule has 0 unspecified atom stereocenters. The summed E-state index contributed by atoms with van der Waals surface area (Å²) < 4.78 is 24.8. The Morgan fingerprint density at radius 2 is 2.17 bits per heavy atom. The summed E-state index contributed by atoms with van der Waals surface area (Å²) in [7, 11) is 1.68. The lowest BCUT2D eigenvalue weighted by molar-refractivity contribution is 0.156. The number of anilines is 1. The number of hydrogen-bond donors (Lipinski definition) is 1. The smallest absolute Gasteiger partial charge is 0.255 e. The lowest BCUT2D eigenvalue weighted by atomic mass is 10.1. The Bertz CT molecular complexity index is 408. The van der Waals surface area contributed by atoms with Crippen molar-refractivity contribution in [2.45, 2.75) is 31.9 Å². The maximum absolute atomic E-state index is 12.4. The van der Waals surface area contributed by atoms with Crippen LogP contribution in [0.15, 0.2) is 18.2 Å². The van der Waals surface area contributed by atoms with Crippen molar-refractivity contribution >= 4 is 17.3 Å². The van der Waals surface area contributed by atoms with Gasteiger partial charge in [-0.15, -0.1) is 0 Å². The maximum atomic E-state index is 12.4. The van der Waals surface area contributed by atoms with E-state index in [1.807, 2.05) is 6.07 Å². The molecule has 0 atom stereocenters. The highest BCUT2D eigenvalue weighted by atomic mass is 35.5. The highest BCUT2D eigenvalue weighted by Crippen LogP contribution is 2.26. The molecule has 1 fully saturated rings. The summed E-state index contributed by atoms with van der Waals surface area (Å²) in [6, 6.07) is 5.96. The van der Waals surface area contributed by atoms with Gasteiger partial charge in [0, 0.05) is 30.3 Å². The topological polar surface area (TPSA) is 15.3 Å². The lowest BCUT2D eigenvalue weighted by Gasteiger charge is -2.22. The molecule has 18 heavy (non-hydrogen) atoms. The van der Waals surface area contributed by atoms with Crippen molar-refractivity contribution in [3.63, 3.8) is 0 Å². The molecule has 0 saturated heterocycles. The zero-order valence-electron chi connectivity index (χ0n) is 10.3. The van der Waals surface area contributed by atoms with Gasteiger partial charge in [-0.3, -0.25) is 0 Å². The second-order valence-electron chi connectivity index (χ2n) is 4.70. The first kappa shape index (κ1) is 13.6. The molecule has 1 aromatic rings. The van der Waals surface area contributed by atoms with E-state index in [0.717, 1.165) is 11.3 Å². The van der Waals surface area contributed by atoms with E-state index < -0.39 is 6.43 Å². The van der Waals surface area contributed by atoms with Crippen LogP contribution < -0.4 is 10.2 Å². The zero-order chi connectivity index (χ0) is 13.1. The van der Waals surface area contributed by atoms with Crippen molar-refractivity contribution in [1.82, 2.24) is 5.32 Å². The Hall–Kier alpha value is -0.870. The average molecular weight is 275 g/mol. The Morgan fingerprint density at radius 3 is 2.78 bits per heavy atom. The van der Waals surface area contributed by atoms with Crippen molar-refractivity contribution in [3.05, 3.63) is 28.8 Å². The van der Waals surface area contributed by atoms with Crippen molar-refractivity contribution in [2.75, 3.05) is 18.5 Å². The van der Waals surface area contributed by atoms with Crippen molar-refractivity contribution in [1.29, 1.82) is 0 Å². The summed E-state index contributed by atoms with van der Waals surface area (Å²) in [6.45, 7) is 0.409. The summed E-state index contributed by atoms with van der Waals surface area (Å²) in [5.74, 6) is 0. The van der Waals surface area contributed by atoms with Gasteiger partial charge in [0.25, 0.3) is 6.43 Å². The predicted molar refractivity (Wildman–Crippen MR) is 70.6 cm³/mol. The Balaban J connectivity index is 2.10. The number of nitrogens with zero attached hydrogens (tertiary/aromatic N) is 1. The molecule has 5 heteroatoms. The average Bonchev–Trinajstić information content (AvgIpc) is 3.09. The predicted octanol–water partition coefficient (Wildman–Crippen LogP) is 3.29. The van der Waals surface area contributed by atoms with Crippen LogP contribution >= 0.6 is 11.6 Å². The van der Waals surface area contributed by atoms with Crippen LogP contribution in [0.25, 0.3) is 0 Å². The molecule has 0 amide bonds. The molecule has 2 rings (SSSR count). The van der Waals surface area contributed by atoms with Crippen LogP contribution in [0.5, 0.6) is 0 Å². The fourth-order valence-electron chi connectivity index (χ4n) is 1.92. The quantitative estimate of drug-likeness (QED) is 0.856. The molecule has 1 saturated carbocycles. The van der Waals surface area contributed by atoms with Crippen LogP contribution in [-0.4, -0.2) is 26.1 Å². The van der Waals surface area contributed by atoms with Crippen molar-refractivity contribution in [2.24, 2.45) is 0 Å². The minimum atomic E-state index is -2.34. The second kappa shape index (κ2) is 5.85. The van der Waals surface area contributed by atoms with Gasteiger partial charge in [0.05, 0.1) is 6.54 Å². The first-order chi connectivity index (χ1) is 8.56. The molecule has 1 N–H and O–H groups in total. The van der Waals surface area contributed by atoms with Gasteiger partial charge in [0.15, 0.2) is 0 Å². The fraction of sp³-hybridized carbons (Fsp3) is 0.538. The van der Waals surface area contributed by atoms with Gasteiger partial charge in [-0.05, 0) is 36.6 Å². The standard InChI is InChI=1S/C13H17ClF2N2/c1-18(8-13(15)16)12-5-2-10(14)6-9(12)7-17-11-3-4-11/h2,5-6,11,13,17H,3-4,7-8H2,1H3. The van der Waals surface area contributed by atoms with E-state index >= 15 is 0 Å². The third-order valence-electron chi connectivity index (χ3n) is 3.02. The van der Waals surface area contributed by atoms with Crippen LogP contribution in [0.1, 0.15) is 18.4 Å². The van der Waals surface area contributed by atoms with Crippen LogP contribution in [0.3, 0.4) is 0 Å². The van der Waals surface area contributed by atoms with Gasteiger partial charge >= 0.3 is 0 Å². The van der Waals surface area contributed by atoms with Gasteiger partial charge in [0.1, 0.15) is 0 Å². The summed E-state index contributed by atoms with van der Waals surface area (Å²) in [4.78, 5) is 1.57. The summed E-state index contributed by atoms with van der Waals surface area (Å²) in [5.41, 5.74) is 1.78. The van der Waals surface area contributed by atoms with Crippen molar-refractivity contribution < 1.29 is 8.78 Å². The molecule has 0 spiro atoms. The van der Waals surface area contributed by atoms with Gasteiger partial charge in [0.2, 0.25) is 0 Å². The van der Waals surface area contributed by atoms with Crippen LogP contribution in [0.2, 0.25) is 5.02 Å². The van der Waals surface area contributed by atoms with E-state index in [-0.39, 0.29) is 6.54 Å². The summed E-state index contributed by atoms with van der Waals surface area (Å²) in [6.07, 6.45) is 0.0564. The lowest BCUT2D eigenvalue weighted by Crippen LogP contribution is -2.26. The molecule has 0 bridgehead atoms. The number of nitrogens with one attached hydrogen (secondary N) is 1. The van der Waals surface area contributed by atoms with E-state index in [1.54, 1.807) is 24.1 Å². The molecular weight excluding hydrogens is 258 g/mol. The number of alkyl halides is 2. The minimum Gasteiger partial charge on any atom is -0.369 e. The normalized spacial score (nSPS) is 15.2. The van der Waals surface area contributed by atoms with E-state index in [2.05, 4.69) is 5.32 Å². The molecule has 1 aliphatic carbocycles. The first-order valence-corrected chi connectivity index (χ1v) is 6.45. The molecule has 0 aromatic heterocycles. The highest BCUT2D eigenvalue weighted by Gasteiger charge is 2.21. The number of hydrogen-bond acceptors (Lipinski definition) is 2. The summed E-state index contributed by atoms with van der Waals surface area (Å²) in [5, 5.41) is 4.01. The molecular formula is C13H17ClF2N2. The molecule has 1 aliphatic rings. The third kappa shape index (κ3) is 3.82. The fourth-order valence-corrected chi connectivity index (χ4v) is 2.11. The van der Waals surface area contributed by atoms with Crippen molar-refractivity contribution in [3.8, 4) is 0 Å². The molecule has 100 valence electrons. The van der Waals surface area contributed by atoms with Crippen LogP contribution in [0, 0.1) is 0 Å². The van der Waals surface area contributed by atoms with E-state index in [0.29, 0.717) is 17.6 Å². The number of benzene rings is 1. The number of rotatable bonds is 6. The Kier molecular flexibility index (Phi) is 4.40. The van der Waals surface area contributed by atoms with E-state index in [9.17, 15) is 8.78 Å². The second-order valence-corrected chi connectivity index (χ2v) is 5.14. The zero-order valence-corrected chi connectivity index (χ0v) is 11.1. The molecule has 2 nitrogen and oxygen atoms in total. The molecule has 0 aliphatic heterocycles. The highest BCUT2D eigenvalue weighted by molar-refractivity contribution is 6.30. The Labute approximate surface area is 111 Å². The molecule has 0 radical (unpaired) electrons. The van der Waals surface area contributed by atoms with Crippen LogP contribution in [-0.2, 0) is 6.54 Å². The largest absolute Gasteiger partial charge is 0.369 e. The van der Waals surface area contributed by atoms with E-state index in [4.69, 9.17) is 11.6 Å². The first-order valence-electron chi connectivity index (χ1n) is 6.07. The third-order valence-corrected chi connectivity index (χ3v) is 3.26. The summed E-state index contributed by atoms with van der Waals surface area (Å²) >= 11 is 5.96. The number of halogens is 3. The molecule has 1 aromatic carbocycles. The molecule has 0 heterocycles. The minimum absolute atomic E-state index is 0.266. The SMILES string of the molecule is CN(CC(F)F)c1ccc(Cl)cc1CNC1CC1.